The Hall–Kier alpha value is -2.43. The van der Waals surface area contributed by atoms with Gasteiger partial charge in [-0.2, -0.15) is 0 Å². The first-order valence-corrected chi connectivity index (χ1v) is 9.91. The molecular weight excluding hydrogens is 497 g/mol. The standard InChI is InChI=1S/C21H29N5O3.HI/c1-3-22-21(24-16-20(27)23-15-19-8-5-13-29-19)26-11-9-25(10-12-26)17-6-4-7-18(14-17)28-2;/h4-8,13-14H,3,9-12,15-16H2,1-2H3,(H,22,24)(H,23,27);1H. The lowest BCUT2D eigenvalue weighted by Gasteiger charge is -2.37. The van der Waals surface area contributed by atoms with Gasteiger partial charge in [-0.1, -0.05) is 6.07 Å². The van der Waals surface area contributed by atoms with Gasteiger partial charge in [0.05, 0.1) is 19.9 Å². The summed E-state index contributed by atoms with van der Waals surface area (Å²) >= 11 is 0. The predicted molar refractivity (Wildman–Crippen MR) is 129 cm³/mol. The number of nitrogens with zero attached hydrogens (tertiary/aromatic N) is 3. The molecule has 2 N–H and O–H groups in total. The van der Waals surface area contributed by atoms with Crippen molar-refractivity contribution < 1.29 is 13.9 Å². The van der Waals surface area contributed by atoms with Crippen LogP contribution in [0.5, 0.6) is 5.75 Å². The first kappa shape index (κ1) is 23.8. The highest BCUT2D eigenvalue weighted by atomic mass is 127. The molecule has 0 saturated carbocycles. The number of piperazine rings is 1. The zero-order chi connectivity index (χ0) is 20.5. The molecule has 0 radical (unpaired) electrons. The maximum atomic E-state index is 12.1. The van der Waals surface area contributed by atoms with Crippen LogP contribution in [0.2, 0.25) is 0 Å². The molecule has 1 aliphatic heterocycles. The summed E-state index contributed by atoms with van der Waals surface area (Å²) in [5.74, 6) is 2.22. The summed E-state index contributed by atoms with van der Waals surface area (Å²) in [6, 6.07) is 11.7. The molecule has 0 atom stereocenters. The fraction of sp³-hybridized carbons (Fsp3) is 0.429. The third-order valence-corrected chi connectivity index (χ3v) is 4.74. The lowest BCUT2D eigenvalue weighted by molar-refractivity contribution is -0.119. The zero-order valence-electron chi connectivity index (χ0n) is 17.5. The molecule has 30 heavy (non-hydrogen) atoms. The number of benzene rings is 1. The van der Waals surface area contributed by atoms with Crippen molar-refractivity contribution >= 4 is 41.5 Å². The van der Waals surface area contributed by atoms with Gasteiger partial charge in [0, 0.05) is 44.5 Å². The zero-order valence-corrected chi connectivity index (χ0v) is 19.8. The van der Waals surface area contributed by atoms with Crippen LogP contribution in [0.4, 0.5) is 5.69 Å². The largest absolute Gasteiger partial charge is 0.497 e. The molecule has 0 unspecified atom stereocenters. The Labute approximate surface area is 194 Å². The molecule has 1 aliphatic rings. The third kappa shape index (κ3) is 6.82. The van der Waals surface area contributed by atoms with E-state index < -0.39 is 0 Å². The lowest BCUT2D eigenvalue weighted by Crippen LogP contribution is -2.52. The van der Waals surface area contributed by atoms with Crippen molar-refractivity contribution in [3.05, 3.63) is 48.4 Å². The highest BCUT2D eigenvalue weighted by molar-refractivity contribution is 14.0. The van der Waals surface area contributed by atoms with Crippen molar-refractivity contribution in [2.45, 2.75) is 13.5 Å². The maximum absolute atomic E-state index is 12.1. The van der Waals surface area contributed by atoms with Crippen LogP contribution in [-0.4, -0.2) is 63.1 Å². The number of nitrogens with one attached hydrogen (secondary N) is 2. The van der Waals surface area contributed by atoms with E-state index in [1.807, 2.05) is 25.1 Å². The van der Waals surface area contributed by atoms with Crippen molar-refractivity contribution in [3.8, 4) is 5.75 Å². The van der Waals surface area contributed by atoms with E-state index in [2.05, 4.69) is 37.6 Å². The van der Waals surface area contributed by atoms with Gasteiger partial charge in [0.2, 0.25) is 5.91 Å². The number of hydrogen-bond donors (Lipinski definition) is 2. The fourth-order valence-electron chi connectivity index (χ4n) is 3.21. The van der Waals surface area contributed by atoms with E-state index in [1.165, 1.54) is 0 Å². The third-order valence-electron chi connectivity index (χ3n) is 4.74. The number of halogens is 1. The Morgan fingerprint density at radius 3 is 2.63 bits per heavy atom. The van der Waals surface area contributed by atoms with Crippen molar-refractivity contribution in [3.63, 3.8) is 0 Å². The van der Waals surface area contributed by atoms with Crippen LogP contribution < -0.4 is 20.3 Å². The first-order chi connectivity index (χ1) is 14.2. The van der Waals surface area contributed by atoms with Gasteiger partial charge in [0.25, 0.3) is 0 Å². The number of anilines is 1. The van der Waals surface area contributed by atoms with E-state index in [-0.39, 0.29) is 36.4 Å². The molecule has 164 valence electrons. The average Bonchev–Trinajstić information content (AvgIpc) is 3.29. The van der Waals surface area contributed by atoms with Gasteiger partial charge >= 0.3 is 0 Å². The van der Waals surface area contributed by atoms with E-state index in [1.54, 1.807) is 19.4 Å². The van der Waals surface area contributed by atoms with Gasteiger partial charge < -0.3 is 29.6 Å². The Balaban J connectivity index is 0.00000320. The summed E-state index contributed by atoms with van der Waals surface area (Å²) in [6.07, 6.45) is 1.59. The minimum absolute atomic E-state index is 0. The molecule has 1 amide bonds. The Morgan fingerprint density at radius 1 is 1.17 bits per heavy atom. The summed E-state index contributed by atoms with van der Waals surface area (Å²) in [6.45, 7) is 6.65. The van der Waals surface area contributed by atoms with E-state index in [0.717, 1.165) is 55.9 Å². The van der Waals surface area contributed by atoms with Gasteiger partial charge in [-0.15, -0.1) is 24.0 Å². The highest BCUT2D eigenvalue weighted by Gasteiger charge is 2.20. The summed E-state index contributed by atoms with van der Waals surface area (Å²) in [5, 5.41) is 6.11. The van der Waals surface area contributed by atoms with Crippen molar-refractivity contribution in [1.82, 2.24) is 15.5 Å². The van der Waals surface area contributed by atoms with Crippen LogP contribution in [0.3, 0.4) is 0 Å². The maximum Gasteiger partial charge on any atom is 0.242 e. The van der Waals surface area contributed by atoms with Crippen molar-refractivity contribution in [2.75, 3.05) is 51.3 Å². The number of amides is 1. The molecule has 0 spiro atoms. The Kier molecular flexibility index (Phi) is 9.78. The molecule has 8 nitrogen and oxygen atoms in total. The van der Waals surface area contributed by atoms with Gasteiger partial charge in [-0.25, -0.2) is 4.99 Å². The minimum atomic E-state index is -0.133. The molecule has 0 bridgehead atoms. The second-order valence-electron chi connectivity index (χ2n) is 6.70. The van der Waals surface area contributed by atoms with Crippen molar-refractivity contribution in [2.24, 2.45) is 4.99 Å². The number of carbonyl (C=O) groups is 1. The van der Waals surface area contributed by atoms with E-state index in [4.69, 9.17) is 9.15 Å². The molecule has 1 aromatic carbocycles. The predicted octanol–water partition coefficient (Wildman–Crippen LogP) is 2.31. The number of rotatable bonds is 7. The number of guanidine groups is 1. The molecule has 9 heteroatoms. The van der Waals surface area contributed by atoms with E-state index >= 15 is 0 Å². The molecule has 2 heterocycles. The smallest absolute Gasteiger partial charge is 0.242 e. The summed E-state index contributed by atoms with van der Waals surface area (Å²) in [5.41, 5.74) is 1.16. The van der Waals surface area contributed by atoms with Crippen molar-refractivity contribution in [1.29, 1.82) is 0 Å². The number of carbonyl (C=O) groups excluding carboxylic acids is 1. The second kappa shape index (κ2) is 12.3. The Morgan fingerprint density at radius 2 is 1.97 bits per heavy atom. The number of ether oxygens (including phenoxy) is 1. The van der Waals surface area contributed by atoms with E-state index in [0.29, 0.717) is 6.54 Å². The quantitative estimate of drug-likeness (QED) is 0.327. The van der Waals surface area contributed by atoms with Gasteiger partial charge in [-0.05, 0) is 31.2 Å². The molecular formula is C21H30IN5O3. The second-order valence-corrected chi connectivity index (χ2v) is 6.70. The van der Waals surface area contributed by atoms with Gasteiger partial charge in [0.1, 0.15) is 18.1 Å². The number of methoxy groups -OCH3 is 1. The van der Waals surface area contributed by atoms with Gasteiger partial charge in [-0.3, -0.25) is 4.79 Å². The lowest BCUT2D eigenvalue weighted by atomic mass is 10.2. The molecule has 1 aromatic heterocycles. The van der Waals surface area contributed by atoms with Crippen LogP contribution in [-0.2, 0) is 11.3 Å². The first-order valence-electron chi connectivity index (χ1n) is 9.91. The Bertz CT molecular complexity index is 805. The molecule has 0 aliphatic carbocycles. The minimum Gasteiger partial charge on any atom is -0.497 e. The SMILES string of the molecule is CCNC(=NCC(=O)NCc1ccco1)N1CCN(c2cccc(OC)c2)CC1.I. The van der Waals surface area contributed by atoms with Crippen LogP contribution in [0.1, 0.15) is 12.7 Å². The van der Waals surface area contributed by atoms with Gasteiger partial charge in [0.15, 0.2) is 5.96 Å². The summed E-state index contributed by atoms with van der Waals surface area (Å²) in [7, 11) is 1.68. The highest BCUT2D eigenvalue weighted by Crippen LogP contribution is 2.22. The summed E-state index contributed by atoms with van der Waals surface area (Å²) in [4.78, 5) is 21.1. The molecule has 2 aromatic rings. The van der Waals surface area contributed by atoms with Crippen LogP contribution in [0.15, 0.2) is 52.1 Å². The fourth-order valence-corrected chi connectivity index (χ4v) is 3.21. The number of furan rings is 1. The number of hydrogen-bond acceptors (Lipinski definition) is 5. The number of aliphatic imine (C=N–C) groups is 1. The monoisotopic (exact) mass is 527 g/mol. The van der Waals surface area contributed by atoms with Crippen LogP contribution >= 0.6 is 24.0 Å². The van der Waals surface area contributed by atoms with Crippen LogP contribution in [0, 0.1) is 0 Å². The molecule has 3 rings (SSSR count). The molecule has 1 saturated heterocycles. The normalized spacial score (nSPS) is 14.1. The van der Waals surface area contributed by atoms with Crippen LogP contribution in [0.25, 0.3) is 0 Å². The van der Waals surface area contributed by atoms with E-state index in [9.17, 15) is 4.79 Å². The average molecular weight is 527 g/mol. The summed E-state index contributed by atoms with van der Waals surface area (Å²) < 4.78 is 10.5. The topological polar surface area (TPSA) is 82.3 Å². The molecule has 1 fully saturated rings.